The topological polar surface area (TPSA) is 118 Å². The average molecular weight is 697 g/mol. The minimum absolute atomic E-state index is 0.000442. The number of ether oxygens (including phenoxy) is 2. The maximum Gasteiger partial charge on any atom is 0.303 e. The van der Waals surface area contributed by atoms with Gasteiger partial charge in [0.05, 0.1) is 29.0 Å². The predicted octanol–water partition coefficient (Wildman–Crippen LogP) is 8.44. The number of aliphatic hydroxyl groups is 1. The van der Waals surface area contributed by atoms with Crippen LogP contribution in [0.2, 0.25) is 0 Å². The number of unbranched alkanes of at least 4 members (excludes halogenated alkanes) is 2. The van der Waals surface area contributed by atoms with Crippen LogP contribution in [-0.4, -0.2) is 38.9 Å². The highest BCUT2D eigenvalue weighted by Gasteiger charge is 2.32. The molecule has 0 aliphatic carbocycles. The highest BCUT2D eigenvalue weighted by molar-refractivity contribution is 8.01. The number of aromatic nitrogens is 1. The van der Waals surface area contributed by atoms with E-state index in [1.54, 1.807) is 23.1 Å². The number of nitrogens with zero attached hydrogens (tertiary/aromatic N) is 1. The summed E-state index contributed by atoms with van der Waals surface area (Å²) in [5.74, 6) is -0.0843. The molecule has 1 aromatic heterocycles. The van der Waals surface area contributed by atoms with Crippen molar-refractivity contribution in [3.63, 3.8) is 0 Å². The van der Waals surface area contributed by atoms with Crippen LogP contribution in [0.3, 0.4) is 0 Å². The number of hydrogen-bond donors (Lipinski definition) is 3. The molecule has 0 bridgehead atoms. The third kappa shape index (κ3) is 9.77. The lowest BCUT2D eigenvalue weighted by atomic mass is 9.99. The molecular formula is C39H40N2O6S2. The minimum Gasteiger partial charge on any atom is -0.481 e. The van der Waals surface area contributed by atoms with Gasteiger partial charge in [-0.2, -0.15) is 0 Å². The Balaban J connectivity index is 1.10. The van der Waals surface area contributed by atoms with E-state index in [0.717, 1.165) is 55.4 Å². The number of benzene rings is 4. The zero-order valence-corrected chi connectivity index (χ0v) is 28.8. The first-order chi connectivity index (χ1) is 23.9. The Morgan fingerprint density at radius 3 is 2.39 bits per heavy atom. The summed E-state index contributed by atoms with van der Waals surface area (Å²) in [6.45, 7) is 0.432. The summed E-state index contributed by atoms with van der Waals surface area (Å²) in [5.41, 5.74) is 6.96. The molecule has 254 valence electrons. The Labute approximate surface area is 294 Å². The van der Waals surface area contributed by atoms with Crippen molar-refractivity contribution in [2.45, 2.75) is 74.5 Å². The van der Waals surface area contributed by atoms with Crippen molar-refractivity contribution in [1.29, 1.82) is 0 Å². The summed E-state index contributed by atoms with van der Waals surface area (Å²) < 4.78 is 15.3. The number of carboxylic acids is 1. The number of fused-ring (bicyclic) bond motifs is 1. The van der Waals surface area contributed by atoms with Gasteiger partial charge in [-0.15, -0.1) is 11.3 Å². The fourth-order valence-electron chi connectivity index (χ4n) is 5.82. The van der Waals surface area contributed by atoms with Crippen LogP contribution in [-0.2, 0) is 32.2 Å². The van der Waals surface area contributed by atoms with E-state index in [1.807, 2.05) is 66.7 Å². The molecule has 3 unspecified atom stereocenters. The van der Waals surface area contributed by atoms with Gasteiger partial charge in [-0.3, -0.25) is 9.59 Å². The minimum atomic E-state index is -0.801. The number of rotatable bonds is 15. The second-order valence-corrected chi connectivity index (χ2v) is 14.5. The third-order valence-corrected chi connectivity index (χ3v) is 10.8. The highest BCUT2D eigenvalue weighted by Crippen LogP contribution is 2.40. The first kappa shape index (κ1) is 34.8. The van der Waals surface area contributed by atoms with Gasteiger partial charge < -0.3 is 25.0 Å². The van der Waals surface area contributed by atoms with Crippen molar-refractivity contribution in [2.75, 3.05) is 5.75 Å². The second-order valence-electron chi connectivity index (χ2n) is 12.2. The van der Waals surface area contributed by atoms with Crippen molar-refractivity contribution in [3.8, 4) is 11.1 Å². The number of aliphatic carboxylic acids is 1. The number of nitrogens with one attached hydrogen (secondary N) is 1. The van der Waals surface area contributed by atoms with Crippen LogP contribution in [0.15, 0.2) is 101 Å². The van der Waals surface area contributed by atoms with E-state index in [0.29, 0.717) is 32.2 Å². The zero-order valence-electron chi connectivity index (χ0n) is 27.1. The number of para-hydroxylation sites is 1. The lowest BCUT2D eigenvalue weighted by Crippen LogP contribution is -2.31. The van der Waals surface area contributed by atoms with Crippen LogP contribution < -0.4 is 5.32 Å². The molecule has 4 aromatic carbocycles. The van der Waals surface area contributed by atoms with Gasteiger partial charge in [0.1, 0.15) is 0 Å². The summed E-state index contributed by atoms with van der Waals surface area (Å²) in [7, 11) is 0. The van der Waals surface area contributed by atoms with Gasteiger partial charge in [0.2, 0.25) is 5.91 Å². The van der Waals surface area contributed by atoms with E-state index >= 15 is 0 Å². The normalized spacial score (nSPS) is 17.6. The Morgan fingerprint density at radius 2 is 1.61 bits per heavy atom. The molecule has 10 heteroatoms. The number of carboxylic acid groups (broad SMARTS) is 1. The molecule has 0 radical (unpaired) electrons. The molecule has 0 spiro atoms. The quantitative estimate of drug-likeness (QED) is 0.0738. The number of thiazole rings is 1. The first-order valence-electron chi connectivity index (χ1n) is 16.6. The van der Waals surface area contributed by atoms with E-state index in [9.17, 15) is 14.7 Å². The van der Waals surface area contributed by atoms with Crippen molar-refractivity contribution in [2.24, 2.45) is 0 Å². The maximum atomic E-state index is 12.3. The number of hydrogen-bond acceptors (Lipinski definition) is 8. The molecule has 1 amide bonds. The molecule has 3 atom stereocenters. The fraction of sp³-hybridized carbons (Fsp3) is 0.308. The molecule has 0 saturated carbocycles. The molecule has 1 aliphatic heterocycles. The SMILES string of the molecule is O=C(O)CCCCCC(=O)NCc1cccc(-c2ccc(C3OC(CSc4nc5ccccc5s4)CC(c4ccc(CO)cc4)O3)cc2)c1. The van der Waals surface area contributed by atoms with Crippen molar-refractivity contribution in [1.82, 2.24) is 10.3 Å². The zero-order chi connectivity index (χ0) is 34.0. The maximum absolute atomic E-state index is 12.3. The first-order valence-corrected chi connectivity index (χ1v) is 18.4. The monoisotopic (exact) mass is 696 g/mol. The van der Waals surface area contributed by atoms with Gasteiger partial charge in [-0.05, 0) is 58.9 Å². The van der Waals surface area contributed by atoms with Gasteiger partial charge in [-0.1, -0.05) is 97.0 Å². The Morgan fingerprint density at radius 1 is 0.837 bits per heavy atom. The van der Waals surface area contributed by atoms with Crippen LogP contribution in [0.4, 0.5) is 0 Å². The molecule has 49 heavy (non-hydrogen) atoms. The van der Waals surface area contributed by atoms with Crippen molar-refractivity contribution < 1.29 is 29.3 Å². The predicted molar refractivity (Wildman–Crippen MR) is 193 cm³/mol. The van der Waals surface area contributed by atoms with Crippen LogP contribution in [0.1, 0.15) is 73.2 Å². The molecule has 8 nitrogen and oxygen atoms in total. The molecule has 6 rings (SSSR count). The summed E-state index contributed by atoms with van der Waals surface area (Å²) in [6.07, 6.45) is 2.47. The van der Waals surface area contributed by atoms with Gasteiger partial charge >= 0.3 is 5.97 Å². The standard InChI is InChI=1S/C39H40N2O6S2/c42-24-26-13-15-29(16-14-26)34-22-32(25-48-39-41-33-9-4-5-10-35(33)49-39)46-38(47-34)30-19-17-28(18-20-30)31-8-6-7-27(21-31)23-40-36(43)11-2-1-3-12-37(44)45/h4-10,13-21,32,34,38,42H,1-3,11-12,22-25H2,(H,40,43)(H,44,45). The van der Waals surface area contributed by atoms with Gasteiger partial charge in [0.25, 0.3) is 0 Å². The van der Waals surface area contributed by atoms with Gasteiger partial charge in [0.15, 0.2) is 10.6 Å². The molecule has 3 N–H and O–H groups in total. The Bertz CT molecular complexity index is 1810. The molecular weight excluding hydrogens is 657 g/mol. The van der Waals surface area contributed by atoms with E-state index < -0.39 is 12.3 Å². The van der Waals surface area contributed by atoms with E-state index in [4.69, 9.17) is 19.6 Å². The van der Waals surface area contributed by atoms with Gasteiger partial charge in [-0.25, -0.2) is 4.98 Å². The number of carbonyl (C=O) groups excluding carboxylic acids is 1. The molecule has 1 fully saturated rings. The van der Waals surface area contributed by atoms with Crippen LogP contribution in [0.5, 0.6) is 0 Å². The van der Waals surface area contributed by atoms with Crippen LogP contribution in [0.25, 0.3) is 21.3 Å². The fourth-order valence-corrected chi connectivity index (χ4v) is 7.93. The number of carbonyl (C=O) groups is 2. The van der Waals surface area contributed by atoms with E-state index in [2.05, 4.69) is 35.6 Å². The van der Waals surface area contributed by atoms with Crippen molar-refractivity contribution >= 4 is 45.2 Å². The lowest BCUT2D eigenvalue weighted by Gasteiger charge is -2.36. The van der Waals surface area contributed by atoms with E-state index in [-0.39, 0.29) is 31.1 Å². The van der Waals surface area contributed by atoms with Crippen molar-refractivity contribution in [3.05, 3.63) is 119 Å². The summed E-state index contributed by atoms with van der Waals surface area (Å²) in [4.78, 5) is 27.8. The lowest BCUT2D eigenvalue weighted by molar-refractivity contribution is -0.245. The molecule has 1 saturated heterocycles. The number of amides is 1. The number of thioether (sulfide) groups is 1. The second kappa shape index (κ2) is 17.0. The summed E-state index contributed by atoms with van der Waals surface area (Å²) in [6, 6.07) is 32.5. The average Bonchev–Trinajstić information content (AvgIpc) is 3.56. The molecule has 2 heterocycles. The van der Waals surface area contributed by atoms with Gasteiger partial charge in [0, 0.05) is 37.1 Å². The van der Waals surface area contributed by atoms with Crippen LogP contribution in [0, 0.1) is 0 Å². The largest absolute Gasteiger partial charge is 0.481 e. The van der Waals surface area contributed by atoms with Crippen LogP contribution >= 0.6 is 23.1 Å². The molecule has 1 aliphatic rings. The third-order valence-electron chi connectivity index (χ3n) is 8.51. The number of aliphatic hydroxyl groups excluding tert-OH is 1. The Kier molecular flexibility index (Phi) is 12.1. The highest BCUT2D eigenvalue weighted by atomic mass is 32.2. The summed E-state index contributed by atoms with van der Waals surface area (Å²) >= 11 is 3.41. The smallest absolute Gasteiger partial charge is 0.303 e. The summed E-state index contributed by atoms with van der Waals surface area (Å²) in [5, 5.41) is 21.3. The van der Waals surface area contributed by atoms with E-state index in [1.165, 1.54) is 4.70 Å². The molecule has 5 aromatic rings. The Hall–Kier alpha value is -4.06.